The van der Waals surface area contributed by atoms with E-state index in [9.17, 15) is 14.9 Å². The Bertz CT molecular complexity index is 469. The number of benzene rings is 1. The molecule has 0 unspecified atom stereocenters. The topological polar surface area (TPSA) is 83.7 Å². The molecule has 0 aromatic heterocycles. The summed E-state index contributed by atoms with van der Waals surface area (Å²) in [5.74, 6) is -0.0633. The van der Waals surface area contributed by atoms with Gasteiger partial charge in [-0.15, -0.1) is 0 Å². The van der Waals surface area contributed by atoms with E-state index >= 15 is 0 Å². The van der Waals surface area contributed by atoms with Crippen LogP contribution in [0.2, 0.25) is 0 Å². The SMILES string of the molecule is CCC(CC)N(CCO)C(=O)Cc1ccc([N+](=O)[O-])cc1. The second-order valence-corrected chi connectivity index (χ2v) is 4.88. The van der Waals surface area contributed by atoms with Crippen LogP contribution in [-0.4, -0.2) is 40.0 Å². The number of non-ortho nitro benzene ring substituents is 1. The van der Waals surface area contributed by atoms with Crippen molar-refractivity contribution in [3.63, 3.8) is 0 Å². The van der Waals surface area contributed by atoms with E-state index in [1.807, 2.05) is 13.8 Å². The third-order valence-corrected chi connectivity index (χ3v) is 3.55. The molecule has 0 spiro atoms. The largest absolute Gasteiger partial charge is 0.395 e. The molecule has 0 heterocycles. The van der Waals surface area contributed by atoms with E-state index < -0.39 is 4.92 Å². The molecule has 0 bridgehead atoms. The maximum atomic E-state index is 12.4. The summed E-state index contributed by atoms with van der Waals surface area (Å²) in [6.07, 6.45) is 1.86. The van der Waals surface area contributed by atoms with Crippen LogP contribution in [0.4, 0.5) is 5.69 Å². The van der Waals surface area contributed by atoms with Gasteiger partial charge in [-0.3, -0.25) is 14.9 Å². The number of carbonyl (C=O) groups excluding carboxylic acids is 1. The van der Waals surface area contributed by atoms with E-state index in [-0.39, 0.29) is 30.7 Å². The standard InChI is InChI=1S/C15H22N2O4/c1-3-13(4-2)16(9-10-18)15(19)11-12-5-7-14(8-6-12)17(20)21/h5-8,13,18H,3-4,9-11H2,1-2H3. The average molecular weight is 294 g/mol. The Hall–Kier alpha value is -1.95. The summed E-state index contributed by atoms with van der Waals surface area (Å²) in [6.45, 7) is 4.27. The first-order valence-electron chi connectivity index (χ1n) is 7.17. The minimum Gasteiger partial charge on any atom is -0.395 e. The third kappa shape index (κ3) is 4.82. The van der Waals surface area contributed by atoms with Gasteiger partial charge in [0.1, 0.15) is 0 Å². The van der Waals surface area contributed by atoms with Crippen LogP contribution in [0, 0.1) is 10.1 Å². The predicted molar refractivity (Wildman–Crippen MR) is 80.0 cm³/mol. The lowest BCUT2D eigenvalue weighted by Gasteiger charge is -2.30. The van der Waals surface area contributed by atoms with Crippen molar-refractivity contribution >= 4 is 11.6 Å². The summed E-state index contributed by atoms with van der Waals surface area (Å²) in [5.41, 5.74) is 0.748. The highest BCUT2D eigenvalue weighted by Gasteiger charge is 2.20. The molecule has 0 saturated heterocycles. The number of hydrogen-bond donors (Lipinski definition) is 1. The van der Waals surface area contributed by atoms with E-state index in [0.717, 1.165) is 18.4 Å². The molecule has 116 valence electrons. The molecule has 1 N–H and O–H groups in total. The molecule has 1 rings (SSSR count). The van der Waals surface area contributed by atoms with Crippen LogP contribution < -0.4 is 0 Å². The van der Waals surface area contributed by atoms with Crippen molar-refractivity contribution < 1.29 is 14.8 Å². The molecule has 21 heavy (non-hydrogen) atoms. The highest BCUT2D eigenvalue weighted by Crippen LogP contribution is 2.15. The number of aliphatic hydroxyl groups is 1. The number of hydrogen-bond acceptors (Lipinski definition) is 4. The molecular formula is C15H22N2O4. The van der Waals surface area contributed by atoms with Gasteiger partial charge < -0.3 is 10.0 Å². The van der Waals surface area contributed by atoms with Gasteiger partial charge in [-0.2, -0.15) is 0 Å². The zero-order valence-corrected chi connectivity index (χ0v) is 12.5. The Morgan fingerprint density at radius 3 is 2.29 bits per heavy atom. The van der Waals surface area contributed by atoms with Crippen molar-refractivity contribution in [3.05, 3.63) is 39.9 Å². The first-order valence-corrected chi connectivity index (χ1v) is 7.17. The average Bonchev–Trinajstić information content (AvgIpc) is 2.48. The minimum absolute atomic E-state index is 0.0124. The molecule has 0 aliphatic carbocycles. The molecular weight excluding hydrogens is 272 g/mol. The number of nitro groups is 1. The van der Waals surface area contributed by atoms with Gasteiger partial charge in [-0.05, 0) is 18.4 Å². The zero-order valence-electron chi connectivity index (χ0n) is 12.5. The lowest BCUT2D eigenvalue weighted by atomic mass is 10.1. The summed E-state index contributed by atoms with van der Waals surface area (Å²) in [7, 11) is 0. The maximum absolute atomic E-state index is 12.4. The van der Waals surface area contributed by atoms with Gasteiger partial charge in [-0.1, -0.05) is 26.0 Å². The fraction of sp³-hybridized carbons (Fsp3) is 0.533. The van der Waals surface area contributed by atoms with Crippen LogP contribution in [0.15, 0.2) is 24.3 Å². The van der Waals surface area contributed by atoms with Crippen LogP contribution in [0.1, 0.15) is 32.3 Å². The Morgan fingerprint density at radius 1 is 1.29 bits per heavy atom. The van der Waals surface area contributed by atoms with Crippen molar-refractivity contribution in [3.8, 4) is 0 Å². The number of carbonyl (C=O) groups is 1. The van der Waals surface area contributed by atoms with Crippen molar-refractivity contribution in [1.82, 2.24) is 4.90 Å². The summed E-state index contributed by atoms with van der Waals surface area (Å²) in [6, 6.07) is 6.11. The second-order valence-electron chi connectivity index (χ2n) is 4.88. The molecule has 0 aliphatic rings. The number of nitrogens with zero attached hydrogens (tertiary/aromatic N) is 2. The fourth-order valence-corrected chi connectivity index (χ4v) is 2.36. The first kappa shape index (κ1) is 17.1. The number of rotatable bonds is 8. The predicted octanol–water partition coefficient (Wildman–Crippen LogP) is 2.15. The Kier molecular flexibility index (Phi) is 6.81. The molecule has 6 heteroatoms. The summed E-state index contributed by atoms with van der Waals surface area (Å²) >= 11 is 0. The maximum Gasteiger partial charge on any atom is 0.269 e. The highest BCUT2D eigenvalue weighted by molar-refractivity contribution is 5.79. The van der Waals surface area contributed by atoms with Crippen LogP contribution in [0.25, 0.3) is 0 Å². The van der Waals surface area contributed by atoms with Crippen molar-refractivity contribution in [2.45, 2.75) is 39.2 Å². The Morgan fingerprint density at radius 2 is 1.86 bits per heavy atom. The molecule has 1 aromatic rings. The van der Waals surface area contributed by atoms with E-state index in [4.69, 9.17) is 5.11 Å². The number of amides is 1. The molecule has 0 radical (unpaired) electrons. The van der Waals surface area contributed by atoms with E-state index in [2.05, 4.69) is 0 Å². The summed E-state index contributed by atoms with van der Waals surface area (Å²) in [5, 5.41) is 19.7. The minimum atomic E-state index is -0.464. The molecule has 1 aromatic carbocycles. The Balaban J connectivity index is 2.78. The van der Waals surface area contributed by atoms with Gasteiger partial charge in [-0.25, -0.2) is 0 Å². The molecule has 0 saturated carbocycles. The van der Waals surface area contributed by atoms with Gasteiger partial charge in [0, 0.05) is 24.7 Å². The van der Waals surface area contributed by atoms with Crippen LogP contribution >= 0.6 is 0 Å². The van der Waals surface area contributed by atoms with Crippen LogP contribution in [0.3, 0.4) is 0 Å². The first-order chi connectivity index (χ1) is 10.0. The van der Waals surface area contributed by atoms with Crippen molar-refractivity contribution in [2.24, 2.45) is 0 Å². The van der Waals surface area contributed by atoms with Gasteiger partial charge >= 0.3 is 0 Å². The van der Waals surface area contributed by atoms with Gasteiger partial charge in [0.15, 0.2) is 0 Å². The summed E-state index contributed by atoms with van der Waals surface area (Å²) < 4.78 is 0. The quantitative estimate of drug-likeness (QED) is 0.588. The van der Waals surface area contributed by atoms with Gasteiger partial charge in [0.05, 0.1) is 18.0 Å². The zero-order chi connectivity index (χ0) is 15.8. The fourth-order valence-electron chi connectivity index (χ4n) is 2.36. The highest BCUT2D eigenvalue weighted by atomic mass is 16.6. The van der Waals surface area contributed by atoms with Gasteiger partial charge in [0.2, 0.25) is 5.91 Å². The Labute approximate surface area is 124 Å². The lowest BCUT2D eigenvalue weighted by Crippen LogP contribution is -2.42. The smallest absolute Gasteiger partial charge is 0.269 e. The monoisotopic (exact) mass is 294 g/mol. The third-order valence-electron chi connectivity index (χ3n) is 3.55. The molecule has 6 nitrogen and oxygen atoms in total. The van der Waals surface area contributed by atoms with Crippen LogP contribution in [-0.2, 0) is 11.2 Å². The number of aliphatic hydroxyl groups excluding tert-OH is 1. The second kappa shape index (κ2) is 8.36. The van der Waals surface area contributed by atoms with Crippen molar-refractivity contribution in [1.29, 1.82) is 0 Å². The van der Waals surface area contributed by atoms with E-state index in [1.165, 1.54) is 12.1 Å². The van der Waals surface area contributed by atoms with Crippen LogP contribution in [0.5, 0.6) is 0 Å². The normalized spacial score (nSPS) is 10.7. The lowest BCUT2D eigenvalue weighted by molar-refractivity contribution is -0.384. The van der Waals surface area contributed by atoms with E-state index in [0.29, 0.717) is 6.54 Å². The molecule has 0 fully saturated rings. The van der Waals surface area contributed by atoms with E-state index in [1.54, 1.807) is 17.0 Å². The number of nitro benzene ring substituents is 1. The van der Waals surface area contributed by atoms with Crippen molar-refractivity contribution in [2.75, 3.05) is 13.2 Å². The molecule has 0 aliphatic heterocycles. The molecule has 1 amide bonds. The van der Waals surface area contributed by atoms with Gasteiger partial charge in [0.25, 0.3) is 5.69 Å². The molecule has 0 atom stereocenters. The summed E-state index contributed by atoms with van der Waals surface area (Å²) in [4.78, 5) is 24.2.